The zero-order chi connectivity index (χ0) is 16.8. The number of ether oxygens (including phenoxy) is 2. The van der Waals surface area contributed by atoms with Crippen molar-refractivity contribution in [2.45, 2.75) is 32.6 Å². The Bertz CT molecular complexity index is 410. The first-order valence-corrected chi connectivity index (χ1v) is 9.33. The summed E-state index contributed by atoms with van der Waals surface area (Å²) in [5.74, 6) is 1.35. The molecule has 1 heterocycles. The highest BCUT2D eigenvalue weighted by atomic mass is 32.1. The van der Waals surface area contributed by atoms with Crippen LogP contribution in [0.2, 0.25) is 0 Å². The molecule has 23 heavy (non-hydrogen) atoms. The van der Waals surface area contributed by atoms with E-state index in [1.807, 2.05) is 0 Å². The Morgan fingerprint density at radius 2 is 2.13 bits per heavy atom. The van der Waals surface area contributed by atoms with Crippen molar-refractivity contribution in [2.75, 3.05) is 46.6 Å². The lowest BCUT2D eigenvalue weighted by atomic mass is 10.1. The van der Waals surface area contributed by atoms with Gasteiger partial charge in [-0.1, -0.05) is 6.92 Å². The Morgan fingerprint density at radius 3 is 2.83 bits per heavy atom. The maximum Gasteiger partial charge on any atom is 0.191 e. The van der Waals surface area contributed by atoms with Crippen molar-refractivity contribution in [1.82, 2.24) is 10.6 Å². The second-order valence-corrected chi connectivity index (χ2v) is 6.20. The third-order valence-corrected chi connectivity index (χ3v) is 4.12. The lowest BCUT2D eigenvalue weighted by Crippen LogP contribution is -2.38. The topological polar surface area (TPSA) is 54.9 Å². The molecule has 1 aromatic heterocycles. The van der Waals surface area contributed by atoms with Gasteiger partial charge < -0.3 is 20.1 Å². The summed E-state index contributed by atoms with van der Waals surface area (Å²) in [6.45, 7) is 9.01. The van der Waals surface area contributed by atoms with Crippen molar-refractivity contribution >= 4 is 17.3 Å². The Balaban J connectivity index is 2.19. The monoisotopic (exact) mass is 341 g/mol. The fourth-order valence-corrected chi connectivity index (χ4v) is 2.79. The minimum Gasteiger partial charge on any atom is -0.382 e. The van der Waals surface area contributed by atoms with Gasteiger partial charge in [-0.15, -0.1) is 0 Å². The van der Waals surface area contributed by atoms with Gasteiger partial charge in [0.2, 0.25) is 0 Å². The smallest absolute Gasteiger partial charge is 0.191 e. The molecule has 1 atom stereocenters. The van der Waals surface area contributed by atoms with Gasteiger partial charge in [0.05, 0.1) is 13.2 Å². The molecule has 0 saturated carbocycles. The second-order valence-electron chi connectivity index (χ2n) is 5.42. The van der Waals surface area contributed by atoms with Crippen LogP contribution in [-0.2, 0) is 9.47 Å². The van der Waals surface area contributed by atoms with Crippen LogP contribution in [0.5, 0.6) is 0 Å². The van der Waals surface area contributed by atoms with E-state index in [1.165, 1.54) is 5.56 Å². The molecule has 0 saturated heterocycles. The summed E-state index contributed by atoms with van der Waals surface area (Å²) >= 11 is 1.74. The van der Waals surface area contributed by atoms with E-state index in [-0.39, 0.29) is 0 Å². The summed E-state index contributed by atoms with van der Waals surface area (Å²) < 4.78 is 10.4. The van der Waals surface area contributed by atoms with Crippen molar-refractivity contribution in [3.63, 3.8) is 0 Å². The molecule has 0 radical (unpaired) electrons. The van der Waals surface area contributed by atoms with E-state index >= 15 is 0 Å². The van der Waals surface area contributed by atoms with Crippen molar-refractivity contribution in [3.05, 3.63) is 22.4 Å². The molecule has 6 heteroatoms. The van der Waals surface area contributed by atoms with Gasteiger partial charge in [0.15, 0.2) is 5.96 Å². The molecule has 1 unspecified atom stereocenters. The molecule has 0 aromatic carbocycles. The molecule has 0 aliphatic rings. The van der Waals surface area contributed by atoms with Crippen molar-refractivity contribution in [3.8, 4) is 0 Å². The number of unbranched alkanes of at least 4 members (excludes halogenated alkanes) is 1. The van der Waals surface area contributed by atoms with Crippen molar-refractivity contribution in [1.29, 1.82) is 0 Å². The second kappa shape index (κ2) is 13.3. The Kier molecular flexibility index (Phi) is 11.6. The molecular weight excluding hydrogens is 310 g/mol. The molecular formula is C17H31N3O2S. The minimum atomic E-state index is 0.450. The third kappa shape index (κ3) is 9.58. The molecule has 132 valence electrons. The van der Waals surface area contributed by atoms with Crippen LogP contribution in [0.25, 0.3) is 0 Å². The van der Waals surface area contributed by atoms with Crippen LogP contribution in [0.4, 0.5) is 0 Å². The average molecular weight is 342 g/mol. The molecule has 5 nitrogen and oxygen atoms in total. The highest BCUT2D eigenvalue weighted by molar-refractivity contribution is 7.07. The number of nitrogens with one attached hydrogen (secondary N) is 2. The number of hydrogen-bond donors (Lipinski definition) is 2. The summed E-state index contributed by atoms with van der Waals surface area (Å²) in [6.07, 6.45) is 2.11. The molecule has 0 bridgehead atoms. The largest absolute Gasteiger partial charge is 0.382 e. The zero-order valence-electron chi connectivity index (χ0n) is 14.6. The van der Waals surface area contributed by atoms with Crippen molar-refractivity contribution in [2.24, 2.45) is 4.99 Å². The Morgan fingerprint density at radius 1 is 1.26 bits per heavy atom. The number of rotatable bonds is 12. The van der Waals surface area contributed by atoms with E-state index in [0.717, 1.165) is 45.0 Å². The average Bonchev–Trinajstić information content (AvgIpc) is 3.09. The van der Waals surface area contributed by atoms with Crippen LogP contribution in [0.15, 0.2) is 21.8 Å². The van der Waals surface area contributed by atoms with E-state index in [0.29, 0.717) is 19.1 Å². The minimum absolute atomic E-state index is 0.450. The molecule has 0 fully saturated rings. The maximum atomic E-state index is 5.45. The number of thiophene rings is 1. The van der Waals surface area contributed by atoms with Gasteiger partial charge in [0.25, 0.3) is 0 Å². The fraction of sp³-hybridized carbons (Fsp3) is 0.706. The van der Waals surface area contributed by atoms with E-state index in [1.54, 1.807) is 18.4 Å². The number of hydrogen-bond acceptors (Lipinski definition) is 4. The molecule has 0 aliphatic carbocycles. The van der Waals surface area contributed by atoms with Gasteiger partial charge in [0.1, 0.15) is 0 Å². The van der Waals surface area contributed by atoms with E-state index in [2.05, 4.69) is 46.3 Å². The first kappa shape index (κ1) is 19.9. The third-order valence-electron chi connectivity index (χ3n) is 3.42. The van der Waals surface area contributed by atoms with Crippen LogP contribution in [0.3, 0.4) is 0 Å². The maximum absolute atomic E-state index is 5.45. The molecule has 0 aliphatic heterocycles. The lowest BCUT2D eigenvalue weighted by Gasteiger charge is -2.13. The Hall–Kier alpha value is -1.11. The number of nitrogens with zero attached hydrogens (tertiary/aromatic N) is 1. The van der Waals surface area contributed by atoms with Gasteiger partial charge in [-0.05, 0) is 42.2 Å². The highest BCUT2D eigenvalue weighted by Gasteiger charge is 2.05. The summed E-state index contributed by atoms with van der Waals surface area (Å²) in [7, 11) is 1.69. The van der Waals surface area contributed by atoms with Gasteiger partial charge in [0, 0.05) is 39.3 Å². The van der Waals surface area contributed by atoms with Crippen LogP contribution in [-0.4, -0.2) is 52.5 Å². The molecule has 1 aromatic rings. The first-order chi connectivity index (χ1) is 11.3. The summed E-state index contributed by atoms with van der Waals surface area (Å²) in [5, 5.41) is 11.0. The quantitative estimate of drug-likeness (QED) is 0.349. The predicted octanol–water partition coefficient (Wildman–Crippen LogP) is 2.85. The van der Waals surface area contributed by atoms with Crippen LogP contribution in [0.1, 0.15) is 38.2 Å². The predicted molar refractivity (Wildman–Crippen MR) is 98.6 cm³/mol. The number of guanidine groups is 1. The van der Waals surface area contributed by atoms with Gasteiger partial charge in [-0.2, -0.15) is 11.3 Å². The summed E-state index contributed by atoms with van der Waals surface area (Å²) in [5.41, 5.74) is 1.36. The van der Waals surface area contributed by atoms with E-state index in [4.69, 9.17) is 9.47 Å². The van der Waals surface area contributed by atoms with Gasteiger partial charge in [-0.3, -0.25) is 4.99 Å². The molecule has 0 spiro atoms. The van der Waals surface area contributed by atoms with Crippen LogP contribution >= 0.6 is 11.3 Å². The summed E-state index contributed by atoms with van der Waals surface area (Å²) in [6, 6.07) is 2.18. The molecule has 2 N–H and O–H groups in total. The standard InChI is InChI=1S/C17H31N3O2S/c1-4-18-17(19-8-5-6-9-22-11-10-21-3)20-13-15(2)16-7-12-23-14-16/h7,12,14-15H,4-6,8-11,13H2,1-3H3,(H2,18,19,20). The SMILES string of the molecule is CCNC(=NCC(C)c1ccsc1)NCCCCOCCOC. The Labute approximate surface area is 144 Å². The molecule has 1 rings (SSSR count). The number of aliphatic imine (C=N–C) groups is 1. The van der Waals surface area contributed by atoms with Crippen LogP contribution < -0.4 is 10.6 Å². The van der Waals surface area contributed by atoms with Crippen molar-refractivity contribution < 1.29 is 9.47 Å². The molecule has 0 amide bonds. The summed E-state index contributed by atoms with van der Waals surface area (Å²) in [4.78, 5) is 4.68. The first-order valence-electron chi connectivity index (χ1n) is 8.38. The number of methoxy groups -OCH3 is 1. The lowest BCUT2D eigenvalue weighted by molar-refractivity contribution is 0.0689. The van der Waals surface area contributed by atoms with Crippen LogP contribution in [0, 0.1) is 0 Å². The fourth-order valence-electron chi connectivity index (χ4n) is 2.01. The van der Waals surface area contributed by atoms with E-state index in [9.17, 15) is 0 Å². The zero-order valence-corrected chi connectivity index (χ0v) is 15.5. The highest BCUT2D eigenvalue weighted by Crippen LogP contribution is 2.18. The van der Waals surface area contributed by atoms with Gasteiger partial charge >= 0.3 is 0 Å². The van der Waals surface area contributed by atoms with Gasteiger partial charge in [-0.25, -0.2) is 0 Å². The van der Waals surface area contributed by atoms with E-state index < -0.39 is 0 Å². The normalized spacial score (nSPS) is 13.1.